The standard InChI is InChI=1S/C14H11ClN2O/c15-12-6-7-14(17-10-12)16-9-8-13(18)11-4-2-1-3-5-11/h1-10H,(H,16,17). The molecule has 2 aromatic rings. The van der Waals surface area contributed by atoms with E-state index in [-0.39, 0.29) is 5.78 Å². The first-order chi connectivity index (χ1) is 8.75. The number of halogens is 1. The number of hydrogen-bond acceptors (Lipinski definition) is 3. The molecule has 0 aliphatic rings. The van der Waals surface area contributed by atoms with E-state index in [0.717, 1.165) is 0 Å². The number of carbonyl (C=O) groups excluding carboxylic acids is 1. The van der Waals surface area contributed by atoms with Crippen LogP contribution in [0.2, 0.25) is 5.02 Å². The van der Waals surface area contributed by atoms with E-state index in [1.807, 2.05) is 18.2 Å². The number of nitrogens with zero attached hydrogens (tertiary/aromatic N) is 1. The Morgan fingerprint density at radius 3 is 2.61 bits per heavy atom. The topological polar surface area (TPSA) is 42.0 Å². The molecule has 1 aromatic heterocycles. The van der Waals surface area contributed by atoms with Gasteiger partial charge in [0.25, 0.3) is 0 Å². The second kappa shape index (κ2) is 5.98. The summed E-state index contributed by atoms with van der Waals surface area (Å²) in [4.78, 5) is 15.8. The minimum atomic E-state index is -0.0583. The zero-order valence-electron chi connectivity index (χ0n) is 9.51. The molecule has 1 aromatic carbocycles. The molecule has 1 N–H and O–H groups in total. The van der Waals surface area contributed by atoms with Crippen LogP contribution in [-0.2, 0) is 0 Å². The fraction of sp³-hybridized carbons (Fsp3) is 0. The maximum Gasteiger partial charge on any atom is 0.187 e. The number of allylic oxidation sites excluding steroid dienone is 1. The second-order valence-corrected chi connectivity index (χ2v) is 4.01. The molecular formula is C14H11ClN2O. The first-order valence-electron chi connectivity index (χ1n) is 5.40. The maximum atomic E-state index is 11.7. The summed E-state index contributed by atoms with van der Waals surface area (Å²) in [7, 11) is 0. The average Bonchev–Trinajstić information content (AvgIpc) is 2.42. The number of aromatic nitrogens is 1. The Bertz CT molecular complexity index is 550. The van der Waals surface area contributed by atoms with Gasteiger partial charge in [-0.3, -0.25) is 4.79 Å². The molecule has 0 aliphatic carbocycles. The highest BCUT2D eigenvalue weighted by atomic mass is 35.5. The highest BCUT2D eigenvalue weighted by Crippen LogP contribution is 2.09. The zero-order valence-corrected chi connectivity index (χ0v) is 10.3. The Kier molecular flexibility index (Phi) is 4.10. The SMILES string of the molecule is O=C(C=CNc1ccc(Cl)cn1)c1ccccc1. The van der Waals surface area contributed by atoms with Gasteiger partial charge in [-0.1, -0.05) is 41.9 Å². The molecule has 3 nitrogen and oxygen atoms in total. The summed E-state index contributed by atoms with van der Waals surface area (Å²) in [5.41, 5.74) is 0.652. The van der Waals surface area contributed by atoms with E-state index in [4.69, 9.17) is 11.6 Å². The van der Waals surface area contributed by atoms with Crippen LogP contribution in [0, 0.1) is 0 Å². The summed E-state index contributed by atoms with van der Waals surface area (Å²) < 4.78 is 0. The maximum absolute atomic E-state index is 11.7. The summed E-state index contributed by atoms with van der Waals surface area (Å²) in [6.07, 6.45) is 4.56. The fourth-order valence-corrected chi connectivity index (χ4v) is 1.47. The van der Waals surface area contributed by atoms with Gasteiger partial charge in [-0.05, 0) is 12.1 Å². The largest absolute Gasteiger partial charge is 0.347 e. The Hall–Kier alpha value is -2.13. The number of pyridine rings is 1. The van der Waals surface area contributed by atoms with Gasteiger partial charge < -0.3 is 5.32 Å². The predicted molar refractivity (Wildman–Crippen MR) is 72.8 cm³/mol. The third kappa shape index (κ3) is 3.43. The molecule has 0 spiro atoms. The lowest BCUT2D eigenvalue weighted by atomic mass is 10.1. The van der Waals surface area contributed by atoms with Crippen molar-refractivity contribution in [2.45, 2.75) is 0 Å². The van der Waals surface area contributed by atoms with Gasteiger partial charge in [0.2, 0.25) is 0 Å². The number of anilines is 1. The van der Waals surface area contributed by atoms with E-state index in [2.05, 4.69) is 10.3 Å². The van der Waals surface area contributed by atoms with Crippen molar-refractivity contribution in [2.24, 2.45) is 0 Å². The van der Waals surface area contributed by atoms with Crippen molar-refractivity contribution in [2.75, 3.05) is 5.32 Å². The number of hydrogen-bond donors (Lipinski definition) is 1. The van der Waals surface area contributed by atoms with Crippen LogP contribution in [0.25, 0.3) is 0 Å². The number of ketones is 1. The number of benzene rings is 1. The van der Waals surface area contributed by atoms with Gasteiger partial charge in [0.05, 0.1) is 5.02 Å². The number of nitrogens with one attached hydrogen (secondary N) is 1. The average molecular weight is 259 g/mol. The summed E-state index contributed by atoms with van der Waals surface area (Å²) in [6.45, 7) is 0. The van der Waals surface area contributed by atoms with E-state index in [0.29, 0.717) is 16.4 Å². The van der Waals surface area contributed by atoms with Gasteiger partial charge in [-0.15, -0.1) is 0 Å². The minimum Gasteiger partial charge on any atom is -0.347 e. The number of carbonyl (C=O) groups is 1. The van der Waals surface area contributed by atoms with Crippen LogP contribution in [0.5, 0.6) is 0 Å². The van der Waals surface area contributed by atoms with Crippen molar-refractivity contribution >= 4 is 23.2 Å². The molecule has 0 radical (unpaired) electrons. The van der Waals surface area contributed by atoms with Crippen molar-refractivity contribution in [3.05, 3.63) is 71.5 Å². The molecule has 2 rings (SSSR count). The van der Waals surface area contributed by atoms with Crippen LogP contribution < -0.4 is 5.32 Å². The second-order valence-electron chi connectivity index (χ2n) is 3.57. The van der Waals surface area contributed by atoms with Crippen LogP contribution in [-0.4, -0.2) is 10.8 Å². The van der Waals surface area contributed by atoms with Crippen LogP contribution in [0.15, 0.2) is 60.9 Å². The van der Waals surface area contributed by atoms with Crippen molar-refractivity contribution in [3.63, 3.8) is 0 Å². The summed E-state index contributed by atoms with van der Waals surface area (Å²) in [5.74, 6) is 0.577. The molecule has 0 unspecified atom stereocenters. The zero-order chi connectivity index (χ0) is 12.8. The molecule has 1 heterocycles. The van der Waals surface area contributed by atoms with Gasteiger partial charge in [0.15, 0.2) is 5.78 Å². The van der Waals surface area contributed by atoms with E-state index >= 15 is 0 Å². The van der Waals surface area contributed by atoms with Crippen molar-refractivity contribution < 1.29 is 4.79 Å². The number of rotatable bonds is 4. The van der Waals surface area contributed by atoms with Gasteiger partial charge in [-0.2, -0.15) is 0 Å². The predicted octanol–water partition coefficient (Wildman–Crippen LogP) is 3.54. The summed E-state index contributed by atoms with van der Waals surface area (Å²) in [5, 5.41) is 3.48. The molecule has 18 heavy (non-hydrogen) atoms. The third-order valence-electron chi connectivity index (χ3n) is 2.25. The van der Waals surface area contributed by atoms with E-state index in [1.165, 1.54) is 12.3 Å². The highest BCUT2D eigenvalue weighted by molar-refractivity contribution is 6.30. The van der Waals surface area contributed by atoms with Crippen LogP contribution in [0.1, 0.15) is 10.4 Å². The molecule has 0 bridgehead atoms. The third-order valence-corrected chi connectivity index (χ3v) is 2.48. The fourth-order valence-electron chi connectivity index (χ4n) is 1.36. The monoisotopic (exact) mass is 258 g/mol. The Labute approximate surface area is 110 Å². The lowest BCUT2D eigenvalue weighted by molar-refractivity contribution is 0.104. The quantitative estimate of drug-likeness (QED) is 0.674. The molecule has 0 amide bonds. The van der Waals surface area contributed by atoms with Crippen molar-refractivity contribution in [1.82, 2.24) is 4.98 Å². The molecular weight excluding hydrogens is 248 g/mol. The Morgan fingerprint density at radius 1 is 1.17 bits per heavy atom. The summed E-state index contributed by atoms with van der Waals surface area (Å²) >= 11 is 5.71. The molecule has 0 aliphatic heterocycles. The lowest BCUT2D eigenvalue weighted by Crippen LogP contribution is -1.96. The van der Waals surface area contributed by atoms with E-state index in [9.17, 15) is 4.79 Å². The Balaban J connectivity index is 1.96. The van der Waals surface area contributed by atoms with Gasteiger partial charge in [0.1, 0.15) is 5.82 Å². The molecule has 0 atom stereocenters. The molecule has 0 saturated heterocycles. The van der Waals surface area contributed by atoms with Crippen molar-refractivity contribution in [1.29, 1.82) is 0 Å². The van der Waals surface area contributed by atoms with E-state index in [1.54, 1.807) is 30.5 Å². The van der Waals surface area contributed by atoms with Crippen molar-refractivity contribution in [3.8, 4) is 0 Å². The first-order valence-corrected chi connectivity index (χ1v) is 5.77. The van der Waals surface area contributed by atoms with Gasteiger partial charge in [0, 0.05) is 24.0 Å². The molecule has 90 valence electrons. The van der Waals surface area contributed by atoms with Gasteiger partial charge in [-0.25, -0.2) is 4.98 Å². The van der Waals surface area contributed by atoms with Crippen LogP contribution >= 0.6 is 11.6 Å². The highest BCUT2D eigenvalue weighted by Gasteiger charge is 1.98. The molecule has 0 saturated carbocycles. The van der Waals surface area contributed by atoms with Gasteiger partial charge >= 0.3 is 0 Å². The molecule has 0 fully saturated rings. The smallest absolute Gasteiger partial charge is 0.187 e. The normalized spacial score (nSPS) is 10.5. The molecule has 4 heteroatoms. The Morgan fingerprint density at radius 2 is 1.94 bits per heavy atom. The summed E-state index contributed by atoms with van der Waals surface area (Å²) in [6, 6.07) is 12.5. The minimum absolute atomic E-state index is 0.0583. The van der Waals surface area contributed by atoms with Crippen LogP contribution in [0.3, 0.4) is 0 Å². The van der Waals surface area contributed by atoms with E-state index < -0.39 is 0 Å². The first kappa shape index (κ1) is 12.3. The lowest BCUT2D eigenvalue weighted by Gasteiger charge is -1.99. The van der Waals surface area contributed by atoms with Crippen LogP contribution in [0.4, 0.5) is 5.82 Å².